The molecule has 2 atom stereocenters. The van der Waals surface area contributed by atoms with Crippen molar-refractivity contribution < 1.29 is 28.7 Å². The van der Waals surface area contributed by atoms with E-state index in [2.05, 4.69) is 55.3 Å². The number of fused-ring (bicyclic) bond motifs is 4. The predicted octanol–water partition coefficient (Wildman–Crippen LogP) is 5.56. The Kier molecular flexibility index (Phi) is 13.6. The first-order chi connectivity index (χ1) is 29.4. The Bertz CT molecular complexity index is 2510. The quantitative estimate of drug-likeness (QED) is 0.0584. The minimum absolute atomic E-state index is 0.0954. The van der Waals surface area contributed by atoms with Crippen LogP contribution >= 0.6 is 22.9 Å². The molecule has 2 aromatic carbocycles. The van der Waals surface area contributed by atoms with E-state index in [9.17, 15) is 24.0 Å². The number of H-pyrrole nitrogens is 1. The number of aryl methyl sites for hydroxylation is 3. The zero-order valence-electron chi connectivity index (χ0n) is 34.6. The molecule has 5 amide bonds. The maximum atomic E-state index is 13.3. The van der Waals surface area contributed by atoms with Gasteiger partial charge < -0.3 is 25.7 Å². The Hall–Kier alpha value is -5.94. The number of aromatic nitrogens is 5. The van der Waals surface area contributed by atoms with Gasteiger partial charge in [-0.1, -0.05) is 49.4 Å². The molecular weight excluding hydrogens is 820 g/mol. The van der Waals surface area contributed by atoms with Crippen molar-refractivity contribution in [1.29, 1.82) is 0 Å². The van der Waals surface area contributed by atoms with Crippen LogP contribution in [0.2, 0.25) is 5.02 Å². The minimum atomic E-state index is -0.849. The Morgan fingerprint density at radius 2 is 1.64 bits per heavy atom. The van der Waals surface area contributed by atoms with Crippen molar-refractivity contribution in [3.05, 3.63) is 86.0 Å². The molecule has 5 N–H and O–H groups in total. The summed E-state index contributed by atoms with van der Waals surface area (Å²) in [5.74, 6) is 0.404. The molecule has 2 aliphatic heterocycles. The summed E-state index contributed by atoms with van der Waals surface area (Å²) in [6.45, 7) is 8.68. The van der Waals surface area contributed by atoms with Crippen LogP contribution in [0.25, 0.3) is 16.0 Å². The highest BCUT2D eigenvalue weighted by molar-refractivity contribution is 7.15. The van der Waals surface area contributed by atoms with Gasteiger partial charge in [0.15, 0.2) is 12.4 Å². The lowest BCUT2D eigenvalue weighted by molar-refractivity contribution is -0.134. The number of nitrogens with one attached hydrogen (secondary N) is 5. The predicted molar refractivity (Wildman–Crippen MR) is 232 cm³/mol. The number of piperidine rings is 1. The first kappa shape index (κ1) is 43.2. The van der Waals surface area contributed by atoms with Crippen LogP contribution in [0.15, 0.2) is 41.4 Å². The molecule has 7 rings (SSSR count). The van der Waals surface area contributed by atoms with Crippen LogP contribution in [-0.4, -0.2) is 85.7 Å². The Balaban J connectivity index is 0.814. The number of imidazole rings is 1. The first-order valence-corrected chi connectivity index (χ1v) is 21.7. The highest BCUT2D eigenvalue weighted by atomic mass is 35.5. The molecule has 3 aromatic heterocycles. The van der Waals surface area contributed by atoms with Crippen LogP contribution in [0, 0.1) is 27.7 Å². The van der Waals surface area contributed by atoms with Crippen molar-refractivity contribution >= 4 is 69.2 Å². The van der Waals surface area contributed by atoms with Crippen molar-refractivity contribution in [2.45, 2.75) is 97.6 Å². The van der Waals surface area contributed by atoms with E-state index in [-0.39, 0.29) is 49.2 Å². The zero-order chi connectivity index (χ0) is 43.2. The lowest BCUT2D eigenvalue weighted by atomic mass is 9.99. The standard InChI is InChI=1S/C43H49ClN10O6S/c1-23-24(2)61-43-37(23)38(27-11-13-28(44)14-12-27)49-33(40-53-52-26(4)54(40)43)21-35(56)45-17-9-7-5-6-8-10-18-46-36(57)22-60-29-19-30(39-32(20-29)47-25(3)48-39)41(58)50-31-15-16-34(55)51-42(31)59/h11-14,19-20,31,33H,5-10,15-18,21-22H2,1-4H3,(H,45,56)(H,46,57)(H,47,48)(H,50,58)(H,51,55,59)/t31?,33-/m0/s1. The number of rotatable bonds is 17. The first-order valence-electron chi connectivity index (χ1n) is 20.5. The molecule has 0 bridgehead atoms. The number of carbonyl (C=O) groups is 5. The average Bonchev–Trinajstić information content (AvgIpc) is 3.87. The van der Waals surface area contributed by atoms with Crippen LogP contribution in [0.5, 0.6) is 5.75 Å². The van der Waals surface area contributed by atoms with Crippen LogP contribution in [0.1, 0.15) is 113 Å². The number of halogens is 1. The second kappa shape index (κ2) is 19.2. The number of imide groups is 1. The largest absolute Gasteiger partial charge is 0.484 e. The van der Waals surface area contributed by atoms with E-state index < -0.39 is 23.9 Å². The van der Waals surface area contributed by atoms with Gasteiger partial charge in [0.05, 0.1) is 23.2 Å². The van der Waals surface area contributed by atoms with Gasteiger partial charge in [-0.3, -0.25) is 38.8 Å². The van der Waals surface area contributed by atoms with Gasteiger partial charge in [-0.05, 0) is 70.7 Å². The number of hydrogen-bond donors (Lipinski definition) is 5. The third-order valence-corrected chi connectivity index (χ3v) is 12.3. The number of hydrogen-bond acceptors (Lipinski definition) is 11. The summed E-state index contributed by atoms with van der Waals surface area (Å²) in [6.07, 6.45) is 6.02. The van der Waals surface area contributed by atoms with Gasteiger partial charge in [-0.2, -0.15) is 0 Å². The molecular formula is C43H49ClN10O6S. The monoisotopic (exact) mass is 868 g/mol. The number of thiophene rings is 1. The number of amides is 5. The number of carbonyl (C=O) groups excluding carboxylic acids is 5. The van der Waals surface area contributed by atoms with Crippen LogP contribution in [0.4, 0.5) is 0 Å². The third-order valence-electron chi connectivity index (χ3n) is 10.8. The topological polar surface area (TPSA) is 214 Å². The Morgan fingerprint density at radius 3 is 2.36 bits per heavy atom. The molecule has 1 fully saturated rings. The Labute approximate surface area is 361 Å². The van der Waals surface area contributed by atoms with Gasteiger partial charge in [0, 0.05) is 46.6 Å². The van der Waals surface area contributed by atoms with Gasteiger partial charge in [0.25, 0.3) is 11.8 Å². The van der Waals surface area contributed by atoms with E-state index in [4.69, 9.17) is 21.3 Å². The molecule has 0 radical (unpaired) electrons. The van der Waals surface area contributed by atoms with Crippen LogP contribution in [-0.2, 0) is 19.2 Å². The second-order valence-electron chi connectivity index (χ2n) is 15.4. The van der Waals surface area contributed by atoms with E-state index >= 15 is 0 Å². The van der Waals surface area contributed by atoms with Crippen LogP contribution in [0.3, 0.4) is 0 Å². The van der Waals surface area contributed by atoms with Gasteiger partial charge in [0.2, 0.25) is 17.7 Å². The van der Waals surface area contributed by atoms with E-state index in [0.29, 0.717) is 46.5 Å². The minimum Gasteiger partial charge on any atom is -0.484 e. The summed E-state index contributed by atoms with van der Waals surface area (Å²) in [6, 6.07) is 9.41. The second-order valence-corrected chi connectivity index (χ2v) is 17.0. The maximum Gasteiger partial charge on any atom is 0.257 e. The average molecular weight is 869 g/mol. The van der Waals surface area contributed by atoms with Crippen molar-refractivity contribution in [3.8, 4) is 10.8 Å². The van der Waals surface area contributed by atoms with E-state index in [1.807, 2.05) is 35.8 Å². The zero-order valence-corrected chi connectivity index (χ0v) is 36.1. The summed E-state index contributed by atoms with van der Waals surface area (Å²) >= 11 is 7.90. The van der Waals surface area contributed by atoms with Gasteiger partial charge >= 0.3 is 0 Å². The summed E-state index contributed by atoms with van der Waals surface area (Å²) in [7, 11) is 0. The van der Waals surface area contributed by atoms with Crippen LogP contribution < -0.4 is 26.0 Å². The molecule has 61 heavy (non-hydrogen) atoms. The SMILES string of the molecule is Cc1nc2c(C(=O)NC3CCC(=O)NC3=O)cc(OCC(=O)NCCCCCCCCNC(=O)C[C@@H]3N=C(c4ccc(Cl)cc4)c4c(sc(C)c4C)-n4c(C)nnc43)cc2[nH]1. The number of ether oxygens (including phenoxy) is 1. The van der Waals surface area contributed by atoms with Crippen molar-refractivity contribution in [2.75, 3.05) is 19.7 Å². The van der Waals surface area contributed by atoms with E-state index in [0.717, 1.165) is 71.8 Å². The fourth-order valence-corrected chi connectivity index (χ4v) is 8.87. The lowest BCUT2D eigenvalue weighted by Gasteiger charge is -2.22. The van der Waals surface area contributed by atoms with Crippen molar-refractivity contribution in [3.63, 3.8) is 0 Å². The highest BCUT2D eigenvalue weighted by Gasteiger charge is 2.33. The molecule has 2 aliphatic rings. The molecule has 5 aromatic rings. The molecule has 5 heterocycles. The van der Waals surface area contributed by atoms with Crippen molar-refractivity contribution in [2.24, 2.45) is 4.99 Å². The summed E-state index contributed by atoms with van der Waals surface area (Å²) in [4.78, 5) is 76.6. The van der Waals surface area contributed by atoms with E-state index in [1.165, 1.54) is 10.9 Å². The smallest absolute Gasteiger partial charge is 0.257 e. The third kappa shape index (κ3) is 10.2. The highest BCUT2D eigenvalue weighted by Crippen LogP contribution is 2.39. The Morgan fingerprint density at radius 1 is 0.934 bits per heavy atom. The number of aliphatic imine (C=N–C) groups is 1. The molecule has 1 saturated heterocycles. The number of benzene rings is 2. The molecule has 16 nitrogen and oxygen atoms in total. The summed E-state index contributed by atoms with van der Waals surface area (Å²) in [5.41, 5.74) is 5.03. The molecule has 0 saturated carbocycles. The van der Waals surface area contributed by atoms with Gasteiger partial charge in [0.1, 0.15) is 40.0 Å². The summed E-state index contributed by atoms with van der Waals surface area (Å²) < 4.78 is 7.79. The normalized spacial score (nSPS) is 16.0. The summed E-state index contributed by atoms with van der Waals surface area (Å²) in [5, 5.41) is 21.4. The number of nitrogens with zero attached hydrogens (tertiary/aromatic N) is 5. The van der Waals surface area contributed by atoms with Crippen molar-refractivity contribution in [1.82, 2.24) is 46.0 Å². The lowest BCUT2D eigenvalue weighted by Crippen LogP contribution is -2.52. The van der Waals surface area contributed by atoms with Gasteiger partial charge in [-0.15, -0.1) is 21.5 Å². The molecule has 320 valence electrons. The fourth-order valence-electron chi connectivity index (χ4n) is 7.53. The maximum absolute atomic E-state index is 13.3. The van der Waals surface area contributed by atoms with Gasteiger partial charge in [-0.25, -0.2) is 4.98 Å². The molecule has 0 spiro atoms. The van der Waals surface area contributed by atoms with E-state index in [1.54, 1.807) is 24.3 Å². The molecule has 0 aliphatic carbocycles. The number of aromatic amines is 1. The molecule has 1 unspecified atom stereocenters. The fraction of sp³-hybridized carbons (Fsp3) is 0.419. The number of unbranched alkanes of at least 4 members (excludes halogenated alkanes) is 5. The molecule has 18 heteroatoms.